The molecule has 50 heavy (non-hydrogen) atoms. The average molecular weight is 766 g/mol. The number of nitrogens with one attached hydrogen (secondary N) is 3. The van der Waals surface area contributed by atoms with Crippen LogP contribution < -0.4 is 16.0 Å². The molecule has 1 fully saturated rings. The van der Waals surface area contributed by atoms with E-state index in [1.165, 1.54) is 5.01 Å². The van der Waals surface area contributed by atoms with E-state index in [4.69, 9.17) is 9.47 Å². The van der Waals surface area contributed by atoms with Gasteiger partial charge in [-0.1, -0.05) is 41.5 Å². The van der Waals surface area contributed by atoms with Crippen molar-refractivity contribution in [2.45, 2.75) is 67.0 Å². The van der Waals surface area contributed by atoms with Crippen LogP contribution in [0.15, 0.2) is 5.10 Å². The van der Waals surface area contributed by atoms with E-state index >= 15 is 0 Å². The van der Waals surface area contributed by atoms with Crippen molar-refractivity contribution in [1.82, 2.24) is 30.8 Å². The Morgan fingerprint density at radius 2 is 1.62 bits per heavy atom. The largest absolute Gasteiger partial charge is 0.411 e. The summed E-state index contributed by atoms with van der Waals surface area (Å²) >= 11 is 0. The molecule has 0 saturated carbocycles. The van der Waals surface area contributed by atoms with E-state index in [9.17, 15) is 24.0 Å². The predicted octanol–water partition coefficient (Wildman–Crippen LogP) is -0.333. The molecule has 0 aromatic rings. The molecular formula is C34H63GaN8O7+. The summed E-state index contributed by atoms with van der Waals surface area (Å²) in [4.78, 5) is 66.3. The Morgan fingerprint density at radius 1 is 1.00 bits per heavy atom. The molecule has 0 aromatic heterocycles. The number of quaternary nitrogens is 1. The zero-order valence-corrected chi connectivity index (χ0v) is 34.5. The average Bonchev–Trinajstić information content (AvgIpc) is 3.51. The van der Waals surface area contributed by atoms with Crippen molar-refractivity contribution in [3.63, 3.8) is 0 Å². The molecule has 2 atom stereocenters. The number of esters is 1. The minimum absolute atomic E-state index is 0. The molecule has 1 unspecified atom stereocenters. The van der Waals surface area contributed by atoms with Crippen LogP contribution in [0, 0.1) is 10.8 Å². The number of ether oxygens (including phenoxy) is 2. The van der Waals surface area contributed by atoms with Crippen LogP contribution in [0.5, 0.6) is 0 Å². The van der Waals surface area contributed by atoms with E-state index in [1.54, 1.807) is 0 Å². The fourth-order valence-corrected chi connectivity index (χ4v) is 5.51. The number of hydrogen-bond acceptors (Lipinski definition) is 11. The Kier molecular flexibility index (Phi) is 19.4. The van der Waals surface area contributed by atoms with Crippen LogP contribution in [0.2, 0.25) is 0 Å². The first kappa shape index (κ1) is 45.7. The van der Waals surface area contributed by atoms with Crippen LogP contribution in [-0.2, 0) is 33.4 Å². The van der Waals surface area contributed by atoms with Crippen LogP contribution in [0.25, 0.3) is 0 Å². The second kappa shape index (κ2) is 21.2. The van der Waals surface area contributed by atoms with Gasteiger partial charge in [-0.05, 0) is 27.2 Å². The number of hydrazone groups is 1. The van der Waals surface area contributed by atoms with E-state index < -0.39 is 6.23 Å². The zero-order chi connectivity index (χ0) is 36.8. The van der Waals surface area contributed by atoms with Crippen molar-refractivity contribution in [2.75, 3.05) is 106 Å². The second-order valence-corrected chi connectivity index (χ2v) is 15.3. The fourth-order valence-electron chi connectivity index (χ4n) is 5.51. The number of carbonyl (C=O) groups excluding carboxylic acids is 5. The third-order valence-corrected chi connectivity index (χ3v) is 8.96. The Balaban J connectivity index is 0.0000125. The minimum Gasteiger partial charge on any atom is -0.411 e. The molecule has 3 amide bonds. The quantitative estimate of drug-likeness (QED) is 0.0714. The van der Waals surface area contributed by atoms with Gasteiger partial charge in [-0.15, -0.1) is 0 Å². The van der Waals surface area contributed by atoms with E-state index in [2.05, 4.69) is 21.1 Å². The molecule has 0 spiro atoms. The molecule has 3 radical (unpaired) electrons. The van der Waals surface area contributed by atoms with E-state index in [0.29, 0.717) is 63.4 Å². The Morgan fingerprint density at radius 3 is 2.20 bits per heavy atom. The van der Waals surface area contributed by atoms with Gasteiger partial charge >= 0.3 is 5.97 Å². The number of carbonyl (C=O) groups is 5. The first-order valence-corrected chi connectivity index (χ1v) is 17.5. The summed E-state index contributed by atoms with van der Waals surface area (Å²) in [7, 11) is 5.62. The number of hydrogen-bond donors (Lipinski definition) is 3. The smallest absolute Gasteiger partial charge is 0.324 e. The minimum atomic E-state index is -0.517. The number of Topliss-reactive ketones (excluding diaryl/α,β-unsaturated/α-hetero) is 1. The maximum absolute atomic E-state index is 12.9. The topological polar surface area (TPSA) is 162 Å². The molecule has 2 rings (SSSR count). The molecule has 1 saturated heterocycles. The summed E-state index contributed by atoms with van der Waals surface area (Å²) in [5.41, 5.74) is 0.0945. The number of rotatable bonds is 23. The normalized spacial score (nSPS) is 19.5. The van der Waals surface area contributed by atoms with E-state index in [1.807, 2.05) is 72.5 Å². The number of nitrogens with zero attached hydrogens (tertiary/aromatic N) is 5. The van der Waals surface area contributed by atoms with Gasteiger partial charge in [-0.3, -0.25) is 38.3 Å². The number of likely N-dealkylation sites (tertiary alicyclic amines) is 1. The number of likely N-dealkylation sites (N-methyl/N-ethyl adjacent to an activating group) is 3. The Bertz CT molecular complexity index is 1180. The van der Waals surface area contributed by atoms with Crippen LogP contribution in [0.4, 0.5) is 0 Å². The molecule has 283 valence electrons. The summed E-state index contributed by atoms with van der Waals surface area (Å²) in [5.74, 6) is -0.799. The molecule has 2 aliphatic heterocycles. The van der Waals surface area contributed by atoms with Crippen LogP contribution >= 0.6 is 0 Å². The number of ketones is 1. The molecule has 3 N–H and O–H groups in total. The first-order chi connectivity index (χ1) is 22.9. The summed E-state index contributed by atoms with van der Waals surface area (Å²) in [6.45, 7) is 17.4. The molecule has 0 aliphatic carbocycles. The van der Waals surface area contributed by atoms with Crippen molar-refractivity contribution in [3.8, 4) is 0 Å². The van der Waals surface area contributed by atoms with Crippen molar-refractivity contribution in [1.29, 1.82) is 0 Å². The second-order valence-electron chi connectivity index (χ2n) is 15.3. The van der Waals surface area contributed by atoms with Gasteiger partial charge in [0.05, 0.1) is 46.3 Å². The molecule has 15 nitrogen and oxygen atoms in total. The zero-order valence-electron chi connectivity index (χ0n) is 32.1. The fraction of sp³-hybridized carbons (Fsp3) is 0.824. The van der Waals surface area contributed by atoms with Crippen molar-refractivity contribution in [2.24, 2.45) is 15.9 Å². The molecule has 0 aromatic carbocycles. The molecular weight excluding hydrogens is 702 g/mol. The standard InChI is InChI=1S/C34H62N8O7.Ga/c1-10-39(8)20-32(47)49-31-17-27(43)21-42(31,9)15-14-40(11-2)18-28(44)36-22-33(3,4)24-48-25-34(5,6)23-37-29(45)19-41-30(46)16-26(38-41)12-13-35-7;/h31,35H,10-25H2,1-9H3,(H-,36,37,44,45);/p+1/t31-,42?;/m0./s1. The number of amides is 3. The molecule has 2 aliphatic rings. The monoisotopic (exact) mass is 764 g/mol. The molecule has 0 bridgehead atoms. The summed E-state index contributed by atoms with van der Waals surface area (Å²) < 4.78 is 12.1. The Hall–Kier alpha value is -2.34. The third-order valence-electron chi connectivity index (χ3n) is 8.96. The van der Waals surface area contributed by atoms with Crippen LogP contribution in [0.1, 0.15) is 60.8 Å². The van der Waals surface area contributed by atoms with Gasteiger partial charge in [0.25, 0.3) is 0 Å². The van der Waals surface area contributed by atoms with Gasteiger partial charge in [0, 0.05) is 68.9 Å². The van der Waals surface area contributed by atoms with Gasteiger partial charge in [-0.25, -0.2) is 5.01 Å². The van der Waals surface area contributed by atoms with Crippen molar-refractivity contribution < 1.29 is 37.9 Å². The summed E-state index contributed by atoms with van der Waals surface area (Å²) in [6.07, 6.45) is 0.616. The van der Waals surface area contributed by atoms with Gasteiger partial charge in [0.1, 0.15) is 19.5 Å². The first-order valence-electron chi connectivity index (χ1n) is 17.5. The maximum atomic E-state index is 12.9. The predicted molar refractivity (Wildman–Crippen MR) is 193 cm³/mol. The van der Waals surface area contributed by atoms with Gasteiger partial charge in [-0.2, -0.15) is 5.10 Å². The summed E-state index contributed by atoms with van der Waals surface area (Å²) in [6, 6.07) is 0. The molecule has 2 heterocycles. The van der Waals surface area contributed by atoms with E-state index in [0.717, 1.165) is 18.8 Å². The van der Waals surface area contributed by atoms with Crippen molar-refractivity contribution in [3.05, 3.63) is 0 Å². The van der Waals surface area contributed by atoms with Crippen molar-refractivity contribution >= 4 is 55.0 Å². The van der Waals surface area contributed by atoms with Crippen LogP contribution in [-0.4, -0.2) is 187 Å². The van der Waals surface area contributed by atoms with E-state index in [-0.39, 0.29) is 92.6 Å². The molecule has 16 heteroatoms. The Labute approximate surface area is 312 Å². The van der Waals surface area contributed by atoms with Gasteiger partial charge in [0.2, 0.25) is 23.9 Å². The van der Waals surface area contributed by atoms with Gasteiger partial charge < -0.3 is 25.4 Å². The third kappa shape index (κ3) is 16.3. The van der Waals surface area contributed by atoms with Gasteiger partial charge in [0.15, 0.2) is 5.78 Å². The maximum Gasteiger partial charge on any atom is 0.324 e. The summed E-state index contributed by atoms with van der Waals surface area (Å²) in [5, 5.41) is 14.5. The van der Waals surface area contributed by atoms with Crippen LogP contribution in [0.3, 0.4) is 0 Å². The SMILES string of the molecule is CCN(C)CC(=O)O[C@H]1CC(=O)C[N+]1(C)CCN(CC)CC(=O)NCC(C)(C)COCC(C)(C)CNC(=O)CN1N=C(CCNC)CC1=O.[Ga].